The number of hydrogen-bond donors (Lipinski definition) is 1. The van der Waals surface area contributed by atoms with Crippen LogP contribution in [0.2, 0.25) is 0 Å². The summed E-state index contributed by atoms with van der Waals surface area (Å²) in [5, 5.41) is 13.0. The summed E-state index contributed by atoms with van der Waals surface area (Å²) in [6.07, 6.45) is 7.64. The van der Waals surface area contributed by atoms with E-state index in [1.54, 1.807) is 6.20 Å². The average molecular weight is 267 g/mol. The predicted molar refractivity (Wildman–Crippen MR) is 82.3 cm³/mol. The van der Waals surface area contributed by atoms with E-state index in [4.69, 9.17) is 0 Å². The van der Waals surface area contributed by atoms with Gasteiger partial charge in [0, 0.05) is 17.8 Å². The Morgan fingerprint density at radius 3 is 2.95 bits per heavy atom. The van der Waals surface area contributed by atoms with E-state index in [-0.39, 0.29) is 0 Å². The van der Waals surface area contributed by atoms with Crippen molar-refractivity contribution in [3.63, 3.8) is 0 Å². The zero-order chi connectivity index (χ0) is 14.1. The summed E-state index contributed by atoms with van der Waals surface area (Å²) >= 11 is 0. The maximum Gasteiger partial charge on any atom is 0.0827 e. The molecule has 0 radical (unpaired) electrons. The minimum Gasteiger partial charge on any atom is -0.388 e. The van der Waals surface area contributed by atoms with Gasteiger partial charge in [-0.15, -0.1) is 0 Å². The Morgan fingerprint density at radius 1 is 1.30 bits per heavy atom. The van der Waals surface area contributed by atoms with Crippen LogP contribution in [-0.2, 0) is 0 Å². The molecule has 2 heteroatoms. The number of aliphatic hydroxyl groups excluding tert-OH is 1. The van der Waals surface area contributed by atoms with E-state index >= 15 is 0 Å². The van der Waals surface area contributed by atoms with Crippen LogP contribution in [0.25, 0.3) is 10.8 Å². The highest BCUT2D eigenvalue weighted by atomic mass is 16.3. The third-order valence-electron chi connectivity index (χ3n) is 4.31. The molecular formula is C18H21NO. The van der Waals surface area contributed by atoms with Crippen LogP contribution in [0, 0.1) is 11.8 Å². The number of rotatable bonds is 2. The lowest BCUT2D eigenvalue weighted by Crippen LogP contribution is -2.19. The van der Waals surface area contributed by atoms with Crippen molar-refractivity contribution >= 4 is 10.8 Å². The zero-order valence-electron chi connectivity index (χ0n) is 12.1. The topological polar surface area (TPSA) is 33.1 Å². The van der Waals surface area contributed by atoms with Crippen LogP contribution < -0.4 is 0 Å². The summed E-state index contributed by atoms with van der Waals surface area (Å²) in [5.74, 6) is 0.869. The Balaban J connectivity index is 1.97. The molecule has 1 aliphatic rings. The molecule has 0 amide bonds. The maximum atomic E-state index is 10.8. The molecule has 3 atom stereocenters. The monoisotopic (exact) mass is 267 g/mol. The summed E-state index contributed by atoms with van der Waals surface area (Å²) < 4.78 is 0. The number of aromatic nitrogens is 1. The quantitative estimate of drug-likeness (QED) is 0.825. The van der Waals surface area contributed by atoms with E-state index in [1.165, 1.54) is 5.57 Å². The average Bonchev–Trinajstić information content (AvgIpc) is 2.45. The molecule has 1 heterocycles. The van der Waals surface area contributed by atoms with Gasteiger partial charge in [0.15, 0.2) is 0 Å². The Hall–Kier alpha value is -1.67. The highest BCUT2D eigenvalue weighted by molar-refractivity contribution is 5.85. The van der Waals surface area contributed by atoms with Gasteiger partial charge in [0.1, 0.15) is 0 Å². The largest absolute Gasteiger partial charge is 0.388 e. The lowest BCUT2D eigenvalue weighted by molar-refractivity contribution is 0.0945. The summed E-state index contributed by atoms with van der Waals surface area (Å²) in [4.78, 5) is 4.16. The summed E-state index contributed by atoms with van der Waals surface area (Å²) in [5.41, 5.74) is 2.44. The summed E-state index contributed by atoms with van der Waals surface area (Å²) in [6, 6.07) is 8.11. The van der Waals surface area contributed by atoms with Crippen LogP contribution in [-0.4, -0.2) is 10.1 Å². The van der Waals surface area contributed by atoms with E-state index in [1.807, 2.05) is 30.5 Å². The molecule has 0 aliphatic heterocycles. The van der Waals surface area contributed by atoms with E-state index in [2.05, 4.69) is 24.9 Å². The fourth-order valence-corrected chi connectivity index (χ4v) is 3.50. The normalized spacial score (nSPS) is 24.4. The fraction of sp³-hybridized carbons (Fsp3) is 0.389. The Bertz CT molecular complexity index is 641. The molecular weight excluding hydrogens is 246 g/mol. The Morgan fingerprint density at radius 2 is 2.15 bits per heavy atom. The molecule has 0 saturated carbocycles. The zero-order valence-corrected chi connectivity index (χ0v) is 12.1. The van der Waals surface area contributed by atoms with Crippen molar-refractivity contribution in [1.82, 2.24) is 4.98 Å². The van der Waals surface area contributed by atoms with Gasteiger partial charge in [-0.3, -0.25) is 4.98 Å². The number of benzene rings is 1. The highest BCUT2D eigenvalue weighted by Gasteiger charge is 2.26. The first-order chi connectivity index (χ1) is 9.65. The second-order valence-corrected chi connectivity index (χ2v) is 6.08. The predicted octanol–water partition coefficient (Wildman–Crippen LogP) is 4.26. The molecule has 0 saturated heterocycles. The van der Waals surface area contributed by atoms with Gasteiger partial charge in [-0.05, 0) is 48.6 Å². The van der Waals surface area contributed by atoms with Crippen molar-refractivity contribution in [2.75, 3.05) is 0 Å². The van der Waals surface area contributed by atoms with Gasteiger partial charge in [-0.1, -0.05) is 36.8 Å². The molecule has 1 aromatic carbocycles. The van der Waals surface area contributed by atoms with Crippen LogP contribution in [0.5, 0.6) is 0 Å². The van der Waals surface area contributed by atoms with E-state index in [0.717, 1.165) is 29.2 Å². The molecule has 2 nitrogen and oxygen atoms in total. The van der Waals surface area contributed by atoms with Gasteiger partial charge >= 0.3 is 0 Å². The standard InChI is InChI=1S/C18H21NO/c1-12-8-13(2)10-15(9-12)18(20)17-5-3-4-14-11-19-7-6-16(14)17/h3-8,11-12,15,18,20H,9-10H2,1-2H3. The van der Waals surface area contributed by atoms with Gasteiger partial charge in [0.25, 0.3) is 0 Å². The second kappa shape index (κ2) is 5.37. The number of pyridine rings is 1. The molecule has 0 bridgehead atoms. The summed E-state index contributed by atoms with van der Waals surface area (Å²) in [7, 11) is 0. The van der Waals surface area contributed by atoms with Gasteiger partial charge < -0.3 is 5.11 Å². The minimum atomic E-state index is -0.396. The first-order valence-electron chi connectivity index (χ1n) is 7.33. The minimum absolute atomic E-state index is 0.314. The van der Waals surface area contributed by atoms with E-state index in [9.17, 15) is 5.11 Å². The van der Waals surface area contributed by atoms with Crippen LogP contribution >= 0.6 is 0 Å². The van der Waals surface area contributed by atoms with Crippen molar-refractivity contribution in [3.8, 4) is 0 Å². The van der Waals surface area contributed by atoms with E-state index < -0.39 is 6.10 Å². The number of hydrogen-bond acceptors (Lipinski definition) is 2. The first kappa shape index (κ1) is 13.3. The van der Waals surface area contributed by atoms with Gasteiger partial charge in [0.2, 0.25) is 0 Å². The molecule has 1 aliphatic carbocycles. The van der Waals surface area contributed by atoms with Crippen LogP contribution in [0.3, 0.4) is 0 Å². The molecule has 20 heavy (non-hydrogen) atoms. The number of nitrogens with zero attached hydrogens (tertiary/aromatic N) is 1. The van der Waals surface area contributed by atoms with Gasteiger partial charge in [-0.25, -0.2) is 0 Å². The van der Waals surface area contributed by atoms with Crippen molar-refractivity contribution in [3.05, 3.63) is 53.9 Å². The molecule has 1 N–H and O–H groups in total. The SMILES string of the molecule is CC1=CC(C)CC(C(O)c2cccc3cnccc23)C1. The van der Waals surface area contributed by atoms with Crippen molar-refractivity contribution in [1.29, 1.82) is 0 Å². The number of aliphatic hydroxyl groups is 1. The van der Waals surface area contributed by atoms with Gasteiger partial charge in [0.05, 0.1) is 6.10 Å². The van der Waals surface area contributed by atoms with Crippen molar-refractivity contribution in [2.45, 2.75) is 32.8 Å². The van der Waals surface area contributed by atoms with Crippen LogP contribution in [0.1, 0.15) is 38.4 Å². The second-order valence-electron chi connectivity index (χ2n) is 6.08. The molecule has 2 aromatic rings. The molecule has 0 fully saturated rings. The van der Waals surface area contributed by atoms with Crippen molar-refractivity contribution in [2.24, 2.45) is 11.8 Å². The third-order valence-corrected chi connectivity index (χ3v) is 4.31. The Labute approximate surface area is 120 Å². The van der Waals surface area contributed by atoms with Crippen molar-refractivity contribution < 1.29 is 5.11 Å². The molecule has 3 unspecified atom stereocenters. The summed E-state index contributed by atoms with van der Waals surface area (Å²) in [6.45, 7) is 4.40. The molecule has 1 aromatic heterocycles. The highest BCUT2D eigenvalue weighted by Crippen LogP contribution is 2.38. The molecule has 0 spiro atoms. The van der Waals surface area contributed by atoms with Gasteiger partial charge in [-0.2, -0.15) is 0 Å². The maximum absolute atomic E-state index is 10.8. The number of allylic oxidation sites excluding steroid dienone is 2. The molecule has 104 valence electrons. The fourth-order valence-electron chi connectivity index (χ4n) is 3.50. The third kappa shape index (κ3) is 2.48. The lowest BCUT2D eigenvalue weighted by Gasteiger charge is -2.30. The Kier molecular flexibility index (Phi) is 3.58. The smallest absolute Gasteiger partial charge is 0.0827 e. The number of fused-ring (bicyclic) bond motifs is 1. The van der Waals surface area contributed by atoms with E-state index in [0.29, 0.717) is 11.8 Å². The first-order valence-corrected chi connectivity index (χ1v) is 7.33. The molecule has 3 rings (SSSR count). The lowest BCUT2D eigenvalue weighted by atomic mass is 9.78. The van der Waals surface area contributed by atoms with Crippen LogP contribution in [0.15, 0.2) is 48.3 Å². The van der Waals surface area contributed by atoms with Crippen LogP contribution in [0.4, 0.5) is 0 Å².